The molecule has 0 radical (unpaired) electrons. The van der Waals surface area contributed by atoms with Crippen LogP contribution < -0.4 is 5.32 Å². The van der Waals surface area contributed by atoms with E-state index in [0.717, 1.165) is 23.1 Å². The van der Waals surface area contributed by atoms with Crippen molar-refractivity contribution < 1.29 is 4.79 Å². The Morgan fingerprint density at radius 3 is 2.80 bits per heavy atom. The monoisotopic (exact) mass is 335 g/mol. The highest BCUT2D eigenvalue weighted by Crippen LogP contribution is 2.22. The van der Waals surface area contributed by atoms with Crippen LogP contribution in [-0.4, -0.2) is 25.4 Å². The van der Waals surface area contributed by atoms with E-state index >= 15 is 0 Å². The first kappa shape index (κ1) is 16.8. The fourth-order valence-corrected chi connectivity index (χ4v) is 2.58. The lowest BCUT2D eigenvalue weighted by molar-refractivity contribution is -0.111. The molecule has 1 amide bonds. The minimum absolute atomic E-state index is 0.144. The van der Waals surface area contributed by atoms with Gasteiger partial charge in [0, 0.05) is 17.6 Å². The van der Waals surface area contributed by atoms with Crippen molar-refractivity contribution in [1.29, 1.82) is 0 Å². The molecule has 6 nitrogen and oxygen atoms in total. The lowest BCUT2D eigenvalue weighted by Gasteiger charge is -2.17. The van der Waals surface area contributed by atoms with E-state index in [2.05, 4.69) is 47.6 Å². The third-order valence-corrected chi connectivity index (χ3v) is 3.63. The maximum Gasteiger partial charge on any atom is 0.247 e. The molecule has 1 aromatic carbocycles. The van der Waals surface area contributed by atoms with Crippen LogP contribution >= 0.6 is 0 Å². The van der Waals surface area contributed by atoms with Gasteiger partial charge in [0.1, 0.15) is 6.33 Å². The van der Waals surface area contributed by atoms with Gasteiger partial charge in [-0.05, 0) is 42.2 Å². The Kier molecular flexibility index (Phi) is 4.35. The van der Waals surface area contributed by atoms with Crippen LogP contribution in [0.3, 0.4) is 0 Å². The van der Waals surface area contributed by atoms with E-state index in [9.17, 15) is 4.79 Å². The molecule has 0 spiro atoms. The van der Waals surface area contributed by atoms with Crippen LogP contribution in [0.25, 0.3) is 17.0 Å². The van der Waals surface area contributed by atoms with Gasteiger partial charge >= 0.3 is 0 Å². The van der Waals surface area contributed by atoms with Crippen LogP contribution in [0.2, 0.25) is 0 Å². The van der Waals surface area contributed by atoms with Gasteiger partial charge in [-0.3, -0.25) is 9.36 Å². The molecule has 0 saturated heterocycles. The number of nitrogens with zero attached hydrogens (tertiary/aromatic N) is 4. The number of hydrogen-bond donors (Lipinski definition) is 1. The number of hydrogen-bond acceptors (Lipinski definition) is 4. The van der Waals surface area contributed by atoms with Gasteiger partial charge < -0.3 is 5.32 Å². The molecule has 3 aromatic rings. The van der Waals surface area contributed by atoms with E-state index in [4.69, 9.17) is 0 Å². The molecule has 0 fully saturated rings. The number of imidazole rings is 1. The zero-order chi connectivity index (χ0) is 18.0. The fraction of sp³-hybridized carbons (Fsp3) is 0.263. The third-order valence-electron chi connectivity index (χ3n) is 3.63. The summed E-state index contributed by atoms with van der Waals surface area (Å²) in [6.45, 7) is 9.99. The average molecular weight is 335 g/mol. The van der Waals surface area contributed by atoms with Gasteiger partial charge in [0.15, 0.2) is 0 Å². The number of anilines is 1. The molecule has 0 unspecified atom stereocenters. The van der Waals surface area contributed by atoms with Crippen LogP contribution in [-0.2, 0) is 11.2 Å². The van der Waals surface area contributed by atoms with E-state index < -0.39 is 0 Å². The Hall–Kier alpha value is -3.02. The Balaban J connectivity index is 2.01. The summed E-state index contributed by atoms with van der Waals surface area (Å²) in [5.74, 6) is 0.310. The quantitative estimate of drug-likeness (QED) is 0.740. The molecule has 128 valence electrons. The minimum Gasteiger partial charge on any atom is -0.322 e. The number of aromatic nitrogens is 4. The topological polar surface area (TPSA) is 72.7 Å². The molecule has 6 heteroatoms. The highest BCUT2D eigenvalue weighted by atomic mass is 16.1. The summed E-state index contributed by atoms with van der Waals surface area (Å²) in [6, 6.07) is 7.44. The molecule has 0 bridgehead atoms. The van der Waals surface area contributed by atoms with E-state index in [-0.39, 0.29) is 11.3 Å². The van der Waals surface area contributed by atoms with Crippen LogP contribution in [0.4, 0.5) is 5.69 Å². The largest absolute Gasteiger partial charge is 0.322 e. The Morgan fingerprint density at radius 1 is 1.28 bits per heavy atom. The van der Waals surface area contributed by atoms with Crippen LogP contribution in [0.1, 0.15) is 26.5 Å². The second-order valence-corrected chi connectivity index (χ2v) is 7.10. The van der Waals surface area contributed by atoms with Crippen molar-refractivity contribution in [3.63, 3.8) is 0 Å². The van der Waals surface area contributed by atoms with Crippen molar-refractivity contribution in [2.45, 2.75) is 27.2 Å². The number of amides is 1. The SMILES string of the molecule is C=CC(=O)Nc1ccc2ncn(-c3nccc(CC(C)(C)C)n3)c2c1. The molecular weight excluding hydrogens is 314 g/mol. The van der Waals surface area contributed by atoms with Crippen LogP contribution in [0.15, 0.2) is 49.4 Å². The molecular formula is C19H21N5O. The van der Waals surface area contributed by atoms with Gasteiger partial charge in [-0.1, -0.05) is 27.4 Å². The van der Waals surface area contributed by atoms with Gasteiger partial charge in [0.25, 0.3) is 0 Å². The minimum atomic E-state index is -0.256. The van der Waals surface area contributed by atoms with E-state index in [1.807, 2.05) is 22.8 Å². The fourth-order valence-electron chi connectivity index (χ4n) is 2.58. The zero-order valence-electron chi connectivity index (χ0n) is 14.7. The molecule has 0 atom stereocenters. The number of nitrogens with one attached hydrogen (secondary N) is 1. The molecule has 1 N–H and O–H groups in total. The van der Waals surface area contributed by atoms with Crippen molar-refractivity contribution in [2.24, 2.45) is 5.41 Å². The smallest absolute Gasteiger partial charge is 0.247 e. The Bertz CT molecular complexity index is 936. The van der Waals surface area contributed by atoms with Crippen molar-refractivity contribution in [2.75, 3.05) is 5.32 Å². The summed E-state index contributed by atoms with van der Waals surface area (Å²) in [5.41, 5.74) is 3.43. The molecule has 2 aromatic heterocycles. The summed E-state index contributed by atoms with van der Waals surface area (Å²) < 4.78 is 1.82. The van der Waals surface area contributed by atoms with E-state index in [1.165, 1.54) is 6.08 Å². The first-order valence-electron chi connectivity index (χ1n) is 8.08. The number of rotatable bonds is 4. The second kappa shape index (κ2) is 6.47. The third kappa shape index (κ3) is 3.91. The Morgan fingerprint density at radius 2 is 2.08 bits per heavy atom. The highest BCUT2D eigenvalue weighted by Gasteiger charge is 2.14. The molecule has 25 heavy (non-hydrogen) atoms. The first-order chi connectivity index (χ1) is 11.9. The van der Waals surface area contributed by atoms with Gasteiger partial charge in [-0.2, -0.15) is 0 Å². The number of carbonyl (C=O) groups excluding carboxylic acids is 1. The van der Waals surface area contributed by atoms with Gasteiger partial charge in [-0.15, -0.1) is 0 Å². The molecule has 0 aliphatic carbocycles. The number of fused-ring (bicyclic) bond motifs is 1. The molecule has 0 aliphatic heterocycles. The maximum absolute atomic E-state index is 11.5. The highest BCUT2D eigenvalue weighted by molar-refractivity contribution is 6.00. The predicted octanol–water partition coefficient (Wildman–Crippen LogP) is 3.53. The molecule has 0 aliphatic rings. The Labute approximate surface area is 146 Å². The standard InChI is InChI=1S/C19H21N5O/c1-5-17(25)22-13-6-7-15-16(10-13)24(12-21-15)18-20-9-8-14(23-18)11-19(2,3)4/h5-10,12H,1,11H2,2-4H3,(H,22,25). The summed E-state index contributed by atoms with van der Waals surface area (Å²) in [7, 11) is 0. The maximum atomic E-state index is 11.5. The summed E-state index contributed by atoms with van der Waals surface area (Å²) in [4.78, 5) is 24.9. The van der Waals surface area contributed by atoms with Gasteiger partial charge in [-0.25, -0.2) is 15.0 Å². The summed E-state index contributed by atoms with van der Waals surface area (Å²) in [6.07, 6.45) is 5.55. The predicted molar refractivity (Wildman–Crippen MR) is 98.6 cm³/mol. The van der Waals surface area contributed by atoms with Gasteiger partial charge in [0.2, 0.25) is 11.9 Å². The lowest BCUT2D eigenvalue weighted by atomic mass is 9.90. The zero-order valence-corrected chi connectivity index (χ0v) is 14.7. The molecule has 2 heterocycles. The van der Waals surface area contributed by atoms with Gasteiger partial charge in [0.05, 0.1) is 11.0 Å². The number of carbonyl (C=O) groups is 1. The van der Waals surface area contributed by atoms with Crippen molar-refractivity contribution in [3.8, 4) is 5.95 Å². The molecule has 0 saturated carbocycles. The van der Waals surface area contributed by atoms with Crippen molar-refractivity contribution in [1.82, 2.24) is 19.5 Å². The first-order valence-corrected chi connectivity index (χ1v) is 8.08. The average Bonchev–Trinajstić information content (AvgIpc) is 2.96. The van der Waals surface area contributed by atoms with E-state index in [0.29, 0.717) is 11.6 Å². The van der Waals surface area contributed by atoms with E-state index in [1.54, 1.807) is 18.6 Å². The normalized spacial score (nSPS) is 11.5. The van der Waals surface area contributed by atoms with Crippen molar-refractivity contribution in [3.05, 3.63) is 55.1 Å². The molecule has 3 rings (SSSR count). The summed E-state index contributed by atoms with van der Waals surface area (Å²) in [5, 5.41) is 2.76. The number of benzene rings is 1. The summed E-state index contributed by atoms with van der Waals surface area (Å²) >= 11 is 0. The van der Waals surface area contributed by atoms with Crippen LogP contribution in [0.5, 0.6) is 0 Å². The second-order valence-electron chi connectivity index (χ2n) is 7.10. The van der Waals surface area contributed by atoms with Crippen LogP contribution in [0, 0.1) is 5.41 Å². The van der Waals surface area contributed by atoms with Crippen molar-refractivity contribution >= 4 is 22.6 Å². The lowest BCUT2D eigenvalue weighted by Crippen LogP contribution is -2.12.